The van der Waals surface area contributed by atoms with Gasteiger partial charge in [0.1, 0.15) is 0 Å². The Kier molecular flexibility index (Phi) is 4.89. The van der Waals surface area contributed by atoms with E-state index in [1.165, 1.54) is 0 Å². The van der Waals surface area contributed by atoms with Gasteiger partial charge in [-0.15, -0.1) is 11.3 Å². The number of aromatic nitrogens is 5. The van der Waals surface area contributed by atoms with Crippen LogP contribution in [0.5, 0.6) is 0 Å². The van der Waals surface area contributed by atoms with Crippen LogP contribution in [0.25, 0.3) is 10.8 Å². The Labute approximate surface area is 150 Å². The molecule has 1 aliphatic rings. The van der Waals surface area contributed by atoms with Gasteiger partial charge in [-0.25, -0.2) is 24.9 Å². The van der Waals surface area contributed by atoms with E-state index < -0.39 is 0 Å². The first kappa shape index (κ1) is 16.0. The first-order valence-corrected chi connectivity index (χ1v) is 9.23. The van der Waals surface area contributed by atoms with E-state index in [-0.39, 0.29) is 0 Å². The largest absolute Gasteiger partial charge is 0.341 e. The van der Waals surface area contributed by atoms with Crippen molar-refractivity contribution in [1.29, 1.82) is 0 Å². The highest BCUT2D eigenvalue weighted by Crippen LogP contribution is 2.20. The zero-order valence-electron chi connectivity index (χ0n) is 13.7. The molecule has 1 fully saturated rings. The summed E-state index contributed by atoms with van der Waals surface area (Å²) in [7, 11) is 0. The molecule has 8 heteroatoms. The highest BCUT2D eigenvalue weighted by Gasteiger charge is 2.20. The molecule has 128 valence electrons. The highest BCUT2D eigenvalue weighted by molar-refractivity contribution is 7.13. The molecule has 1 N–H and O–H groups in total. The molecule has 25 heavy (non-hydrogen) atoms. The van der Waals surface area contributed by atoms with Crippen molar-refractivity contribution in [2.75, 3.05) is 18.0 Å². The van der Waals surface area contributed by atoms with Crippen LogP contribution in [-0.2, 0) is 6.54 Å². The van der Waals surface area contributed by atoms with Gasteiger partial charge in [-0.1, -0.05) is 0 Å². The van der Waals surface area contributed by atoms with E-state index >= 15 is 0 Å². The number of piperidine rings is 1. The molecule has 0 amide bonds. The summed E-state index contributed by atoms with van der Waals surface area (Å²) in [6.07, 6.45) is 9.23. The molecule has 0 aliphatic carbocycles. The van der Waals surface area contributed by atoms with E-state index in [1.807, 2.05) is 12.1 Å². The molecule has 1 saturated heterocycles. The van der Waals surface area contributed by atoms with Gasteiger partial charge in [0.15, 0.2) is 10.8 Å². The summed E-state index contributed by atoms with van der Waals surface area (Å²) in [4.78, 5) is 24.0. The third-order valence-corrected chi connectivity index (χ3v) is 5.10. The van der Waals surface area contributed by atoms with Gasteiger partial charge >= 0.3 is 0 Å². The summed E-state index contributed by atoms with van der Waals surface area (Å²) < 4.78 is 0. The van der Waals surface area contributed by atoms with Gasteiger partial charge in [-0.05, 0) is 25.0 Å². The van der Waals surface area contributed by atoms with Crippen LogP contribution in [0.1, 0.15) is 18.5 Å². The van der Waals surface area contributed by atoms with E-state index in [2.05, 4.69) is 40.5 Å². The molecule has 0 bridgehead atoms. The van der Waals surface area contributed by atoms with E-state index in [4.69, 9.17) is 0 Å². The number of nitrogens with one attached hydrogen (secondary N) is 1. The smallest absolute Gasteiger partial charge is 0.225 e. The van der Waals surface area contributed by atoms with Crippen molar-refractivity contribution >= 4 is 17.3 Å². The van der Waals surface area contributed by atoms with Crippen LogP contribution in [0.3, 0.4) is 0 Å². The number of rotatable bonds is 5. The van der Waals surface area contributed by atoms with Crippen LogP contribution >= 0.6 is 11.3 Å². The molecule has 1 aliphatic heterocycles. The molecule has 0 unspecified atom stereocenters. The van der Waals surface area contributed by atoms with E-state index in [1.54, 1.807) is 36.1 Å². The second-order valence-corrected chi connectivity index (χ2v) is 6.77. The topological polar surface area (TPSA) is 79.7 Å². The predicted molar refractivity (Wildman–Crippen MR) is 97.2 cm³/mol. The molecule has 3 aromatic heterocycles. The van der Waals surface area contributed by atoms with Gasteiger partial charge in [-0.3, -0.25) is 0 Å². The first-order valence-electron chi connectivity index (χ1n) is 8.35. The maximum Gasteiger partial charge on any atom is 0.225 e. The van der Waals surface area contributed by atoms with Crippen molar-refractivity contribution in [3.63, 3.8) is 0 Å². The monoisotopic (exact) mass is 353 g/mol. The molecular formula is C17H19N7S. The Morgan fingerprint density at radius 2 is 1.68 bits per heavy atom. The minimum Gasteiger partial charge on any atom is -0.341 e. The number of thiazole rings is 1. The third-order valence-electron chi connectivity index (χ3n) is 4.21. The van der Waals surface area contributed by atoms with Gasteiger partial charge in [0, 0.05) is 55.8 Å². The quantitative estimate of drug-likeness (QED) is 0.753. The van der Waals surface area contributed by atoms with E-state index in [0.29, 0.717) is 11.9 Å². The summed E-state index contributed by atoms with van der Waals surface area (Å²) in [5.74, 6) is 1.52. The van der Waals surface area contributed by atoms with Crippen molar-refractivity contribution < 1.29 is 0 Å². The molecule has 4 heterocycles. The maximum absolute atomic E-state index is 4.63. The Balaban J connectivity index is 1.28. The molecule has 0 spiro atoms. The molecule has 0 saturated carbocycles. The maximum atomic E-state index is 4.63. The lowest BCUT2D eigenvalue weighted by Crippen LogP contribution is -2.42. The average molecular weight is 353 g/mol. The van der Waals surface area contributed by atoms with Gasteiger partial charge in [-0.2, -0.15) is 0 Å². The van der Waals surface area contributed by atoms with Crippen LogP contribution in [0.2, 0.25) is 0 Å². The molecule has 0 aromatic carbocycles. The van der Waals surface area contributed by atoms with E-state index in [0.717, 1.165) is 49.1 Å². The summed E-state index contributed by atoms with van der Waals surface area (Å²) in [6.45, 7) is 2.72. The Hall–Kier alpha value is -2.45. The molecule has 0 atom stereocenters. The van der Waals surface area contributed by atoms with Crippen LogP contribution < -0.4 is 10.2 Å². The number of hydrogen-bond acceptors (Lipinski definition) is 8. The van der Waals surface area contributed by atoms with Crippen molar-refractivity contribution in [1.82, 2.24) is 30.2 Å². The predicted octanol–water partition coefficient (Wildman–Crippen LogP) is 2.15. The number of nitrogens with zero attached hydrogens (tertiary/aromatic N) is 6. The Morgan fingerprint density at radius 3 is 2.40 bits per heavy atom. The molecular weight excluding hydrogens is 334 g/mol. The number of anilines is 1. The van der Waals surface area contributed by atoms with Crippen molar-refractivity contribution in [3.05, 3.63) is 48.0 Å². The van der Waals surface area contributed by atoms with Gasteiger partial charge in [0.2, 0.25) is 5.95 Å². The zero-order valence-corrected chi connectivity index (χ0v) is 14.6. The normalized spacial score (nSPS) is 15.4. The standard InChI is InChI=1S/C17H19N7S/c1-5-18-15(19-6-1)16-23-14(12-25-16)11-22-13-3-9-24(10-4-13)17-20-7-2-8-21-17/h1-2,5-8,12-13,22H,3-4,9-11H2. The lowest BCUT2D eigenvalue weighted by molar-refractivity contribution is 0.409. The van der Waals surface area contributed by atoms with Crippen LogP contribution in [-0.4, -0.2) is 44.1 Å². The Bertz CT molecular complexity index is 785. The second-order valence-electron chi connectivity index (χ2n) is 5.91. The summed E-state index contributed by atoms with van der Waals surface area (Å²) >= 11 is 1.59. The minimum atomic E-state index is 0.498. The lowest BCUT2D eigenvalue weighted by Gasteiger charge is -2.32. The van der Waals surface area contributed by atoms with Gasteiger partial charge in [0.25, 0.3) is 0 Å². The van der Waals surface area contributed by atoms with Crippen LogP contribution in [0, 0.1) is 0 Å². The third kappa shape index (κ3) is 3.97. The van der Waals surface area contributed by atoms with Gasteiger partial charge < -0.3 is 10.2 Å². The fraction of sp³-hybridized carbons (Fsp3) is 0.353. The second kappa shape index (κ2) is 7.62. The van der Waals surface area contributed by atoms with Crippen LogP contribution in [0.15, 0.2) is 42.3 Å². The summed E-state index contributed by atoms with van der Waals surface area (Å²) in [5, 5.41) is 6.55. The lowest BCUT2D eigenvalue weighted by atomic mass is 10.1. The van der Waals surface area contributed by atoms with Crippen molar-refractivity contribution in [3.8, 4) is 10.8 Å². The average Bonchev–Trinajstić information content (AvgIpc) is 3.17. The minimum absolute atomic E-state index is 0.498. The van der Waals surface area contributed by atoms with E-state index in [9.17, 15) is 0 Å². The summed E-state index contributed by atoms with van der Waals surface area (Å²) in [6, 6.07) is 4.16. The Morgan fingerprint density at radius 1 is 1.00 bits per heavy atom. The SMILES string of the molecule is c1cnc(-c2nc(CNC3CCN(c4ncccn4)CC3)cs2)nc1. The zero-order chi connectivity index (χ0) is 16.9. The molecule has 3 aromatic rings. The summed E-state index contributed by atoms with van der Waals surface area (Å²) in [5.41, 5.74) is 1.04. The molecule has 7 nitrogen and oxygen atoms in total. The van der Waals surface area contributed by atoms with Crippen molar-refractivity contribution in [2.45, 2.75) is 25.4 Å². The first-order chi connectivity index (χ1) is 12.4. The van der Waals surface area contributed by atoms with Crippen LogP contribution in [0.4, 0.5) is 5.95 Å². The fourth-order valence-corrected chi connectivity index (χ4v) is 3.65. The highest BCUT2D eigenvalue weighted by atomic mass is 32.1. The molecule has 0 radical (unpaired) electrons. The molecule has 4 rings (SSSR count). The van der Waals surface area contributed by atoms with Gasteiger partial charge in [0.05, 0.1) is 5.69 Å². The number of hydrogen-bond donors (Lipinski definition) is 1. The van der Waals surface area contributed by atoms with Crippen molar-refractivity contribution in [2.24, 2.45) is 0 Å². The fourth-order valence-electron chi connectivity index (χ4n) is 2.89.